The van der Waals surface area contributed by atoms with E-state index in [1.807, 2.05) is 0 Å². The minimum atomic E-state index is 0.908. The van der Waals surface area contributed by atoms with Crippen molar-refractivity contribution in [2.75, 3.05) is 0 Å². The van der Waals surface area contributed by atoms with Gasteiger partial charge in [0.15, 0.2) is 0 Å². The zero-order valence-electron chi connectivity index (χ0n) is 22.6. The summed E-state index contributed by atoms with van der Waals surface area (Å²) in [5, 5.41) is 7.46. The molecule has 2 N–H and O–H groups in total. The van der Waals surface area contributed by atoms with E-state index >= 15 is 0 Å². The lowest BCUT2D eigenvalue weighted by molar-refractivity contribution is 1.31. The second-order valence-corrected chi connectivity index (χ2v) is 11.0. The number of hydrogen-bond donors (Lipinski definition) is 2. The molecule has 4 aromatic carbocycles. The molecule has 4 nitrogen and oxygen atoms in total. The Bertz CT molecular complexity index is 2470. The molecule has 0 amide bonds. The van der Waals surface area contributed by atoms with Crippen LogP contribution in [-0.2, 0) is 0 Å². The van der Waals surface area contributed by atoms with E-state index in [2.05, 4.69) is 143 Å². The van der Waals surface area contributed by atoms with Crippen LogP contribution in [0.1, 0.15) is 22.8 Å². The Morgan fingerprint density at radius 2 is 1.02 bits per heavy atom. The molecule has 42 heavy (non-hydrogen) atoms. The number of fused-ring (bicyclic) bond motifs is 12. The van der Waals surface area contributed by atoms with Crippen molar-refractivity contribution in [1.29, 1.82) is 0 Å². The predicted octanol–water partition coefficient (Wildman–Crippen LogP) is 9.78. The van der Waals surface area contributed by atoms with Crippen LogP contribution in [0.5, 0.6) is 0 Å². The molecule has 2 aliphatic heterocycles. The highest BCUT2D eigenvalue weighted by Gasteiger charge is 2.13. The Morgan fingerprint density at radius 3 is 1.76 bits per heavy atom. The molecule has 0 radical (unpaired) electrons. The molecule has 0 saturated carbocycles. The maximum atomic E-state index is 4.92. The van der Waals surface area contributed by atoms with Gasteiger partial charge in [-0.15, -0.1) is 0 Å². The Labute approximate surface area is 241 Å². The molecule has 0 aliphatic carbocycles. The zero-order chi connectivity index (χ0) is 27.6. The lowest BCUT2D eigenvalue weighted by Gasteiger charge is -2.11. The van der Waals surface area contributed by atoms with Crippen LogP contribution in [0.25, 0.3) is 89.8 Å². The molecule has 9 rings (SSSR count). The van der Waals surface area contributed by atoms with Crippen LogP contribution in [0.3, 0.4) is 0 Å². The molecule has 0 fully saturated rings. The Morgan fingerprint density at radius 1 is 0.405 bits per heavy atom. The molecule has 3 aromatic heterocycles. The summed E-state index contributed by atoms with van der Waals surface area (Å²) in [6.07, 6.45) is 8.25. The van der Waals surface area contributed by atoms with E-state index in [1.165, 1.54) is 37.9 Å². The van der Waals surface area contributed by atoms with Crippen LogP contribution in [0.2, 0.25) is 0 Å². The Kier molecular flexibility index (Phi) is 4.87. The fourth-order valence-corrected chi connectivity index (χ4v) is 6.27. The zero-order valence-corrected chi connectivity index (χ0v) is 22.6. The standard InChI is InChI=1S/C38H24N4/c1-2-5-25-17-35-26(16-24(25)4-1)9-8-23-6-3-7-34(38(23)35)36-21-33-20-31-13-12-29(40-31)18-27-10-11-28(39-27)19-30-14-15-32(41-30)22-37(36)42-33/h1-22,39,42H. The normalized spacial score (nSPS) is 12.6. The number of H-pyrrole nitrogens is 2. The largest absolute Gasteiger partial charge is 0.355 e. The lowest BCUT2D eigenvalue weighted by Crippen LogP contribution is -1.84. The van der Waals surface area contributed by atoms with E-state index in [1.54, 1.807) is 0 Å². The average molecular weight is 537 g/mol. The van der Waals surface area contributed by atoms with Gasteiger partial charge in [-0.2, -0.15) is 0 Å². The van der Waals surface area contributed by atoms with E-state index in [0.717, 1.165) is 50.4 Å². The second-order valence-electron chi connectivity index (χ2n) is 11.0. The quantitative estimate of drug-likeness (QED) is 0.162. The molecule has 2 aliphatic rings. The van der Waals surface area contributed by atoms with Crippen molar-refractivity contribution < 1.29 is 0 Å². The number of benzene rings is 4. The molecule has 0 saturated heterocycles. The first-order valence-electron chi connectivity index (χ1n) is 14.1. The average Bonchev–Trinajstić information content (AvgIpc) is 3.81. The summed E-state index contributed by atoms with van der Waals surface area (Å²) in [6.45, 7) is 0. The summed E-state index contributed by atoms with van der Waals surface area (Å²) in [4.78, 5) is 16.9. The SMILES string of the molecule is C1=Cc2cc3cc(-c4cccc5ccc6cc7ccccc7cc6c45)c(cc4nc(cc5ccc(cc1n2)[nH]5)C=C4)[nH]3. The summed E-state index contributed by atoms with van der Waals surface area (Å²) in [7, 11) is 0. The first-order chi connectivity index (χ1) is 20.7. The highest BCUT2D eigenvalue weighted by Crippen LogP contribution is 2.38. The third kappa shape index (κ3) is 3.85. The maximum Gasteiger partial charge on any atom is 0.0658 e. The van der Waals surface area contributed by atoms with Gasteiger partial charge in [0.05, 0.1) is 22.8 Å². The molecule has 4 heteroatoms. The molecule has 0 unspecified atom stereocenters. The fraction of sp³-hybridized carbons (Fsp3) is 0. The van der Waals surface area contributed by atoms with E-state index in [9.17, 15) is 0 Å². The number of aromatic amines is 2. The molecular weight excluding hydrogens is 512 g/mol. The Balaban J connectivity index is 1.37. The molecule has 0 atom stereocenters. The van der Waals surface area contributed by atoms with Gasteiger partial charge in [0, 0.05) is 27.6 Å². The molecular formula is C38H24N4. The van der Waals surface area contributed by atoms with Gasteiger partial charge in [-0.1, -0.05) is 54.6 Å². The van der Waals surface area contributed by atoms with Crippen LogP contribution in [-0.4, -0.2) is 19.9 Å². The van der Waals surface area contributed by atoms with E-state index in [4.69, 9.17) is 9.97 Å². The minimum absolute atomic E-state index is 0.908. The van der Waals surface area contributed by atoms with Crippen LogP contribution in [0, 0.1) is 0 Å². The summed E-state index contributed by atoms with van der Waals surface area (Å²) in [5.74, 6) is 0. The number of rotatable bonds is 1. The van der Waals surface area contributed by atoms with Crippen LogP contribution < -0.4 is 0 Å². The highest BCUT2D eigenvalue weighted by molar-refractivity contribution is 6.18. The van der Waals surface area contributed by atoms with Crippen molar-refractivity contribution >= 4 is 78.7 Å². The summed E-state index contributed by atoms with van der Waals surface area (Å²) >= 11 is 0. The van der Waals surface area contributed by atoms with Crippen molar-refractivity contribution in [3.05, 3.63) is 132 Å². The third-order valence-corrected chi connectivity index (χ3v) is 8.19. The van der Waals surface area contributed by atoms with Crippen molar-refractivity contribution in [1.82, 2.24) is 19.9 Å². The maximum absolute atomic E-state index is 4.92. The molecule has 8 bridgehead atoms. The smallest absolute Gasteiger partial charge is 0.0658 e. The first kappa shape index (κ1) is 23.0. The van der Waals surface area contributed by atoms with Crippen molar-refractivity contribution in [3.8, 4) is 11.1 Å². The Hall–Kier alpha value is -5.74. The van der Waals surface area contributed by atoms with Gasteiger partial charge in [0.1, 0.15) is 0 Å². The first-order valence-corrected chi connectivity index (χ1v) is 14.1. The topological polar surface area (TPSA) is 57.4 Å². The summed E-state index contributed by atoms with van der Waals surface area (Å²) in [6, 6.07) is 39.0. The van der Waals surface area contributed by atoms with Crippen molar-refractivity contribution in [3.63, 3.8) is 0 Å². The number of hydrogen-bond acceptors (Lipinski definition) is 2. The highest BCUT2D eigenvalue weighted by atomic mass is 14.8. The van der Waals surface area contributed by atoms with Gasteiger partial charge < -0.3 is 9.97 Å². The number of nitrogens with zero attached hydrogens (tertiary/aromatic N) is 2. The van der Waals surface area contributed by atoms with E-state index in [-0.39, 0.29) is 0 Å². The number of nitrogens with one attached hydrogen (secondary N) is 2. The van der Waals surface area contributed by atoms with Crippen molar-refractivity contribution in [2.45, 2.75) is 0 Å². The summed E-state index contributed by atoms with van der Waals surface area (Å²) in [5.41, 5.74) is 10.0. The lowest BCUT2D eigenvalue weighted by atomic mass is 9.92. The summed E-state index contributed by atoms with van der Waals surface area (Å²) < 4.78 is 0. The van der Waals surface area contributed by atoms with Gasteiger partial charge in [0.2, 0.25) is 0 Å². The second kappa shape index (κ2) is 8.88. The van der Waals surface area contributed by atoms with E-state index < -0.39 is 0 Å². The van der Waals surface area contributed by atoms with Gasteiger partial charge in [-0.05, 0) is 117 Å². The monoisotopic (exact) mass is 536 g/mol. The van der Waals surface area contributed by atoms with Crippen LogP contribution in [0.15, 0.2) is 109 Å². The third-order valence-electron chi connectivity index (χ3n) is 8.19. The molecule has 0 spiro atoms. The fourth-order valence-electron chi connectivity index (χ4n) is 6.27. The van der Waals surface area contributed by atoms with E-state index in [0.29, 0.717) is 0 Å². The van der Waals surface area contributed by atoms with Crippen LogP contribution >= 0.6 is 0 Å². The molecule has 196 valence electrons. The van der Waals surface area contributed by atoms with Crippen molar-refractivity contribution in [2.24, 2.45) is 0 Å². The van der Waals surface area contributed by atoms with Crippen LogP contribution in [0.4, 0.5) is 0 Å². The number of aromatic nitrogens is 4. The van der Waals surface area contributed by atoms with Gasteiger partial charge in [0.25, 0.3) is 0 Å². The van der Waals surface area contributed by atoms with Gasteiger partial charge in [-0.3, -0.25) is 0 Å². The molecule has 5 heterocycles. The minimum Gasteiger partial charge on any atom is -0.355 e. The van der Waals surface area contributed by atoms with Gasteiger partial charge in [-0.25, -0.2) is 9.97 Å². The predicted molar refractivity (Wildman–Crippen MR) is 177 cm³/mol. The molecule has 7 aromatic rings. The van der Waals surface area contributed by atoms with Gasteiger partial charge >= 0.3 is 0 Å².